The van der Waals surface area contributed by atoms with Crippen LogP contribution in [0.1, 0.15) is 11.1 Å². The topological polar surface area (TPSA) is 143 Å². The Kier molecular flexibility index (Phi) is 5.47. The van der Waals surface area contributed by atoms with Gasteiger partial charge in [0.1, 0.15) is 5.71 Å². The molecule has 0 fully saturated rings. The number of fused-ring (bicyclic) bond motifs is 1. The van der Waals surface area contributed by atoms with Crippen LogP contribution in [0.5, 0.6) is 0 Å². The highest BCUT2D eigenvalue weighted by molar-refractivity contribution is 7.89. The van der Waals surface area contributed by atoms with E-state index < -0.39 is 16.1 Å². The molecule has 0 aliphatic carbocycles. The van der Waals surface area contributed by atoms with Gasteiger partial charge in [0.05, 0.1) is 16.3 Å². The number of urea groups is 1. The van der Waals surface area contributed by atoms with Crippen LogP contribution in [0.2, 0.25) is 0 Å². The standard InChI is InChI=1S/C22H19N5O4S/c1-13-2-11-19-18(12-13)20(21(28)27-19)24-14-3-5-15(6-4-14)25-22(29)26-16-7-9-17(10-8-16)32(23,30)31/h2-12H,1H3,(H2,23,30,31)(H,24,27,28)(H2,25,26,29). The van der Waals surface area contributed by atoms with E-state index in [2.05, 4.69) is 20.9 Å². The van der Waals surface area contributed by atoms with E-state index in [1.807, 2.05) is 25.1 Å². The van der Waals surface area contributed by atoms with Crippen LogP contribution in [0.4, 0.5) is 27.5 Å². The molecule has 9 nitrogen and oxygen atoms in total. The van der Waals surface area contributed by atoms with E-state index in [0.29, 0.717) is 22.8 Å². The summed E-state index contributed by atoms with van der Waals surface area (Å²) in [5.74, 6) is -0.263. The number of nitrogens with two attached hydrogens (primary N) is 1. The second-order valence-corrected chi connectivity index (χ2v) is 8.72. The summed E-state index contributed by atoms with van der Waals surface area (Å²) in [4.78, 5) is 28.9. The van der Waals surface area contributed by atoms with Crippen molar-refractivity contribution >= 4 is 50.4 Å². The third-order valence-corrected chi connectivity index (χ3v) is 5.63. The van der Waals surface area contributed by atoms with Gasteiger partial charge in [-0.25, -0.2) is 23.3 Å². The van der Waals surface area contributed by atoms with Crippen molar-refractivity contribution in [2.75, 3.05) is 16.0 Å². The average Bonchev–Trinajstić information content (AvgIpc) is 3.03. The Bertz CT molecular complexity index is 1350. The summed E-state index contributed by atoms with van der Waals surface area (Å²) < 4.78 is 22.6. The molecule has 1 heterocycles. The third kappa shape index (κ3) is 4.66. The summed E-state index contributed by atoms with van der Waals surface area (Å²) in [5.41, 5.74) is 4.33. The predicted molar refractivity (Wildman–Crippen MR) is 123 cm³/mol. The number of carbonyl (C=O) groups excluding carboxylic acids is 2. The normalized spacial score (nSPS) is 14.1. The first-order valence-electron chi connectivity index (χ1n) is 9.51. The van der Waals surface area contributed by atoms with Crippen LogP contribution in [-0.4, -0.2) is 26.1 Å². The lowest BCUT2D eigenvalue weighted by atomic mass is 10.1. The smallest absolute Gasteiger partial charge is 0.320 e. The molecule has 10 heteroatoms. The number of hydrogen-bond acceptors (Lipinski definition) is 5. The van der Waals surface area contributed by atoms with Gasteiger partial charge in [0, 0.05) is 16.9 Å². The van der Waals surface area contributed by atoms with Crippen LogP contribution in [-0.2, 0) is 14.8 Å². The van der Waals surface area contributed by atoms with Crippen molar-refractivity contribution in [3.8, 4) is 0 Å². The zero-order valence-electron chi connectivity index (χ0n) is 16.9. The van der Waals surface area contributed by atoms with Crippen LogP contribution in [0, 0.1) is 6.92 Å². The number of primary sulfonamides is 1. The van der Waals surface area contributed by atoms with E-state index in [9.17, 15) is 18.0 Å². The van der Waals surface area contributed by atoms with E-state index in [1.165, 1.54) is 24.3 Å². The monoisotopic (exact) mass is 449 g/mol. The Balaban J connectivity index is 1.43. The van der Waals surface area contributed by atoms with E-state index >= 15 is 0 Å². The summed E-state index contributed by atoms with van der Waals surface area (Å²) >= 11 is 0. The van der Waals surface area contributed by atoms with E-state index in [1.54, 1.807) is 24.3 Å². The summed E-state index contributed by atoms with van der Waals surface area (Å²) in [6.07, 6.45) is 0. The lowest BCUT2D eigenvalue weighted by Gasteiger charge is -2.08. The zero-order valence-corrected chi connectivity index (χ0v) is 17.7. The molecule has 0 spiro atoms. The number of benzene rings is 3. The van der Waals surface area contributed by atoms with Gasteiger partial charge in [-0.2, -0.15) is 0 Å². The van der Waals surface area contributed by atoms with E-state index in [4.69, 9.17) is 5.14 Å². The summed E-state index contributed by atoms with van der Waals surface area (Å²) in [6.45, 7) is 1.95. The fourth-order valence-electron chi connectivity index (χ4n) is 3.15. The van der Waals surface area contributed by atoms with Crippen LogP contribution in [0.25, 0.3) is 0 Å². The molecule has 32 heavy (non-hydrogen) atoms. The lowest BCUT2D eigenvalue weighted by Crippen LogP contribution is -2.19. The molecule has 0 saturated heterocycles. The van der Waals surface area contributed by atoms with Crippen molar-refractivity contribution in [2.45, 2.75) is 11.8 Å². The summed E-state index contributed by atoms with van der Waals surface area (Å²) in [7, 11) is -3.80. The van der Waals surface area contributed by atoms with Crippen molar-refractivity contribution in [1.82, 2.24) is 0 Å². The average molecular weight is 449 g/mol. The predicted octanol–water partition coefficient (Wildman–Crippen LogP) is 3.36. The van der Waals surface area contributed by atoms with Crippen LogP contribution in [0.3, 0.4) is 0 Å². The highest BCUT2D eigenvalue weighted by Gasteiger charge is 2.25. The molecule has 3 aromatic carbocycles. The van der Waals surface area contributed by atoms with Gasteiger partial charge in [-0.15, -0.1) is 0 Å². The fraction of sp³-hybridized carbons (Fsp3) is 0.0455. The van der Waals surface area contributed by atoms with Gasteiger partial charge < -0.3 is 16.0 Å². The quantitative estimate of drug-likeness (QED) is 0.484. The van der Waals surface area contributed by atoms with Gasteiger partial charge in [-0.3, -0.25) is 4.79 Å². The number of aryl methyl sites for hydroxylation is 1. The van der Waals surface area contributed by atoms with Gasteiger partial charge in [-0.1, -0.05) is 11.6 Å². The summed E-state index contributed by atoms with van der Waals surface area (Å²) in [6, 6.07) is 17.3. The van der Waals surface area contributed by atoms with Crippen molar-refractivity contribution in [1.29, 1.82) is 0 Å². The minimum Gasteiger partial charge on any atom is -0.320 e. The maximum atomic E-state index is 12.3. The molecular weight excluding hydrogens is 430 g/mol. The lowest BCUT2D eigenvalue weighted by molar-refractivity contribution is -0.110. The highest BCUT2D eigenvalue weighted by atomic mass is 32.2. The molecule has 0 saturated carbocycles. The molecule has 0 aromatic heterocycles. The molecule has 3 aromatic rings. The molecule has 0 atom stereocenters. The molecule has 0 unspecified atom stereocenters. The van der Waals surface area contributed by atoms with Crippen LogP contribution >= 0.6 is 0 Å². The molecule has 5 N–H and O–H groups in total. The molecule has 162 valence electrons. The number of hydrogen-bond donors (Lipinski definition) is 4. The Morgan fingerprint density at radius 1 is 0.938 bits per heavy atom. The first-order chi connectivity index (χ1) is 15.2. The van der Waals surface area contributed by atoms with Crippen molar-refractivity contribution in [3.05, 3.63) is 77.9 Å². The second-order valence-electron chi connectivity index (χ2n) is 7.16. The number of nitrogens with zero attached hydrogens (tertiary/aromatic N) is 1. The van der Waals surface area contributed by atoms with Crippen LogP contribution < -0.4 is 21.1 Å². The molecule has 0 bridgehead atoms. The third-order valence-electron chi connectivity index (χ3n) is 4.70. The van der Waals surface area contributed by atoms with Gasteiger partial charge in [0.15, 0.2) is 0 Å². The Labute approximate surface area is 184 Å². The molecule has 0 radical (unpaired) electrons. The summed E-state index contributed by atoms with van der Waals surface area (Å²) in [5, 5.41) is 13.1. The highest BCUT2D eigenvalue weighted by Crippen LogP contribution is 2.27. The first-order valence-corrected chi connectivity index (χ1v) is 11.1. The number of carbonyl (C=O) groups is 2. The fourth-order valence-corrected chi connectivity index (χ4v) is 3.66. The van der Waals surface area contributed by atoms with Gasteiger partial charge in [0.2, 0.25) is 10.0 Å². The Morgan fingerprint density at radius 3 is 2.12 bits per heavy atom. The second kappa shape index (κ2) is 8.25. The zero-order chi connectivity index (χ0) is 22.9. The van der Waals surface area contributed by atoms with Crippen molar-refractivity contribution < 1.29 is 18.0 Å². The first kappa shape index (κ1) is 21.2. The number of sulfonamides is 1. The Hall–Kier alpha value is -4.02. The van der Waals surface area contributed by atoms with Gasteiger partial charge >= 0.3 is 6.03 Å². The molecule has 3 amide bonds. The van der Waals surface area contributed by atoms with Crippen molar-refractivity contribution in [3.63, 3.8) is 0 Å². The minimum absolute atomic E-state index is 0.0469. The van der Waals surface area contributed by atoms with Crippen molar-refractivity contribution in [2.24, 2.45) is 10.1 Å². The SMILES string of the molecule is Cc1ccc2c(c1)C(=Nc1ccc(NC(=O)Nc3ccc(S(N)(=O)=O)cc3)cc1)C(=O)N2. The largest absolute Gasteiger partial charge is 0.323 e. The van der Waals surface area contributed by atoms with Crippen LogP contribution in [0.15, 0.2) is 76.6 Å². The Morgan fingerprint density at radius 2 is 1.53 bits per heavy atom. The van der Waals surface area contributed by atoms with E-state index in [-0.39, 0.29) is 10.8 Å². The maximum Gasteiger partial charge on any atom is 0.323 e. The number of aliphatic imine (C=N–C) groups is 1. The minimum atomic E-state index is -3.80. The maximum absolute atomic E-state index is 12.3. The van der Waals surface area contributed by atoms with E-state index in [0.717, 1.165) is 16.8 Å². The number of rotatable bonds is 4. The number of amides is 3. The molecule has 1 aliphatic rings. The molecule has 1 aliphatic heterocycles. The number of nitrogens with one attached hydrogen (secondary N) is 3. The number of anilines is 3. The molecule has 4 rings (SSSR count). The molecular formula is C22H19N5O4S. The van der Waals surface area contributed by atoms with Gasteiger partial charge in [-0.05, 0) is 67.6 Å². The van der Waals surface area contributed by atoms with Gasteiger partial charge in [0.25, 0.3) is 5.91 Å².